The van der Waals surface area contributed by atoms with Gasteiger partial charge in [-0.25, -0.2) is 12.8 Å². The van der Waals surface area contributed by atoms with Gasteiger partial charge in [0, 0.05) is 13.1 Å². The summed E-state index contributed by atoms with van der Waals surface area (Å²) in [5.41, 5.74) is 0.585. The average molecular weight is 317 g/mol. The van der Waals surface area contributed by atoms with E-state index in [1.165, 1.54) is 12.1 Å². The van der Waals surface area contributed by atoms with Crippen LogP contribution < -0.4 is 0 Å². The Kier molecular flexibility index (Phi) is 4.31. The molecule has 1 fully saturated rings. The zero-order valence-electron chi connectivity index (χ0n) is 11.4. The molecule has 1 aliphatic heterocycles. The number of carboxylic acids is 1. The maximum Gasteiger partial charge on any atom is 0.310 e. The van der Waals surface area contributed by atoms with Crippen molar-refractivity contribution in [1.82, 2.24) is 4.31 Å². The second kappa shape index (κ2) is 5.70. The molecule has 0 aliphatic carbocycles. The fourth-order valence-corrected chi connectivity index (χ4v) is 3.95. The van der Waals surface area contributed by atoms with E-state index in [4.69, 9.17) is 5.11 Å². The lowest BCUT2D eigenvalue weighted by atomic mass is 9.96. The van der Waals surface area contributed by atoms with E-state index in [2.05, 4.69) is 0 Å². The first-order valence-electron chi connectivity index (χ1n) is 6.40. The smallest absolute Gasteiger partial charge is 0.310 e. The quantitative estimate of drug-likeness (QED) is 0.851. The Morgan fingerprint density at radius 1 is 1.43 bits per heavy atom. The van der Waals surface area contributed by atoms with Gasteiger partial charge in [0.15, 0.2) is 0 Å². The van der Waals surface area contributed by atoms with E-state index in [9.17, 15) is 22.7 Å². The van der Waals surface area contributed by atoms with Gasteiger partial charge >= 0.3 is 5.97 Å². The number of sulfonamides is 1. The number of hydrogen-bond donors (Lipinski definition) is 2. The summed E-state index contributed by atoms with van der Waals surface area (Å²) in [6, 6.07) is 3.73. The highest BCUT2D eigenvalue weighted by Crippen LogP contribution is 2.26. The van der Waals surface area contributed by atoms with Crippen LogP contribution in [0, 0.1) is 18.7 Å². The maximum absolute atomic E-state index is 13.8. The first kappa shape index (κ1) is 15.9. The van der Waals surface area contributed by atoms with Crippen molar-refractivity contribution in [2.75, 3.05) is 13.1 Å². The van der Waals surface area contributed by atoms with E-state index in [1.807, 2.05) is 0 Å². The van der Waals surface area contributed by atoms with Crippen LogP contribution in [0.5, 0.6) is 0 Å². The third-order valence-corrected chi connectivity index (χ3v) is 5.44. The van der Waals surface area contributed by atoms with Gasteiger partial charge in [-0.1, -0.05) is 6.07 Å². The van der Waals surface area contributed by atoms with E-state index in [-0.39, 0.29) is 19.5 Å². The SMILES string of the molecule is Cc1ccc(F)c(S(=O)(=O)N2CC[C@@H](O)[C@@H](C(=O)O)C2)c1. The summed E-state index contributed by atoms with van der Waals surface area (Å²) in [5, 5.41) is 18.6. The maximum atomic E-state index is 13.8. The van der Waals surface area contributed by atoms with Crippen molar-refractivity contribution in [2.45, 2.75) is 24.3 Å². The molecule has 0 radical (unpaired) electrons. The molecule has 0 amide bonds. The standard InChI is InChI=1S/C13H16FNO5S/c1-8-2-3-10(14)12(6-8)21(19,20)15-5-4-11(16)9(7-15)13(17)18/h2-3,6,9,11,16H,4-5,7H2,1H3,(H,17,18)/t9-,11+/m0/s1. The average Bonchev–Trinajstić information content (AvgIpc) is 2.41. The highest BCUT2D eigenvalue weighted by atomic mass is 32.2. The molecule has 1 saturated heterocycles. The van der Waals surface area contributed by atoms with Crippen molar-refractivity contribution in [1.29, 1.82) is 0 Å². The number of piperidine rings is 1. The molecule has 21 heavy (non-hydrogen) atoms. The number of aliphatic hydroxyl groups excluding tert-OH is 1. The van der Waals surface area contributed by atoms with E-state index >= 15 is 0 Å². The van der Waals surface area contributed by atoms with Crippen molar-refractivity contribution in [3.63, 3.8) is 0 Å². The van der Waals surface area contributed by atoms with Crippen LogP contribution in [0.3, 0.4) is 0 Å². The fourth-order valence-electron chi connectivity index (χ4n) is 2.32. The van der Waals surface area contributed by atoms with Crippen molar-refractivity contribution >= 4 is 16.0 Å². The molecule has 1 aromatic rings. The normalized spacial score (nSPS) is 24.0. The number of aliphatic carboxylic acids is 1. The highest BCUT2D eigenvalue weighted by molar-refractivity contribution is 7.89. The molecule has 2 atom stereocenters. The first-order chi connectivity index (χ1) is 9.73. The summed E-state index contributed by atoms with van der Waals surface area (Å²) < 4.78 is 39.6. The van der Waals surface area contributed by atoms with Gasteiger partial charge in [0.25, 0.3) is 0 Å². The van der Waals surface area contributed by atoms with Crippen LogP contribution in [0.25, 0.3) is 0 Å². The Morgan fingerprint density at radius 2 is 2.10 bits per heavy atom. The molecule has 6 nitrogen and oxygen atoms in total. The van der Waals surface area contributed by atoms with Crippen LogP contribution in [0.4, 0.5) is 4.39 Å². The Labute approximate surface area is 121 Å². The topological polar surface area (TPSA) is 94.9 Å². The molecular weight excluding hydrogens is 301 g/mol. The molecule has 0 bridgehead atoms. The largest absolute Gasteiger partial charge is 0.481 e. The number of hydrogen-bond acceptors (Lipinski definition) is 4. The van der Waals surface area contributed by atoms with Crippen molar-refractivity contribution in [2.24, 2.45) is 5.92 Å². The summed E-state index contributed by atoms with van der Waals surface area (Å²) in [4.78, 5) is 10.6. The van der Waals surface area contributed by atoms with Crippen LogP contribution in [-0.4, -0.2) is 48.1 Å². The number of halogens is 1. The van der Waals surface area contributed by atoms with Crippen LogP contribution in [0.15, 0.2) is 23.1 Å². The number of aryl methyl sites for hydroxylation is 1. The monoisotopic (exact) mass is 317 g/mol. The van der Waals surface area contributed by atoms with Gasteiger partial charge in [-0.2, -0.15) is 4.31 Å². The van der Waals surface area contributed by atoms with Gasteiger partial charge in [0.1, 0.15) is 10.7 Å². The molecule has 8 heteroatoms. The number of benzene rings is 1. The first-order valence-corrected chi connectivity index (χ1v) is 7.84. The molecule has 1 heterocycles. The van der Waals surface area contributed by atoms with Crippen LogP contribution in [0.1, 0.15) is 12.0 Å². The Bertz CT molecular complexity index is 661. The molecule has 1 aliphatic rings. The number of aliphatic hydroxyl groups is 1. The predicted molar refractivity (Wildman–Crippen MR) is 71.6 cm³/mol. The van der Waals surface area contributed by atoms with Crippen LogP contribution in [0.2, 0.25) is 0 Å². The Balaban J connectivity index is 2.36. The molecular formula is C13H16FNO5S. The van der Waals surface area contributed by atoms with E-state index in [1.54, 1.807) is 6.92 Å². The lowest BCUT2D eigenvalue weighted by Crippen LogP contribution is -2.48. The van der Waals surface area contributed by atoms with Crippen LogP contribution in [-0.2, 0) is 14.8 Å². The van der Waals surface area contributed by atoms with E-state index in [0.29, 0.717) is 5.56 Å². The molecule has 116 valence electrons. The third-order valence-electron chi connectivity index (χ3n) is 3.56. The summed E-state index contributed by atoms with van der Waals surface area (Å²) in [6.45, 7) is 1.23. The molecule has 0 aromatic heterocycles. The molecule has 2 rings (SSSR count). The highest BCUT2D eigenvalue weighted by Gasteiger charge is 2.39. The minimum Gasteiger partial charge on any atom is -0.481 e. The van der Waals surface area contributed by atoms with Crippen molar-refractivity contribution in [3.05, 3.63) is 29.6 Å². The number of nitrogens with zero attached hydrogens (tertiary/aromatic N) is 1. The van der Waals surface area contributed by atoms with Gasteiger partial charge in [0.2, 0.25) is 10.0 Å². The number of carbonyl (C=O) groups is 1. The predicted octanol–water partition coefficient (Wildman–Crippen LogP) is 0.590. The lowest BCUT2D eigenvalue weighted by Gasteiger charge is -2.33. The minimum atomic E-state index is -4.12. The molecule has 2 N–H and O–H groups in total. The van der Waals surface area contributed by atoms with E-state index < -0.39 is 38.7 Å². The van der Waals surface area contributed by atoms with Crippen molar-refractivity contribution in [3.8, 4) is 0 Å². The van der Waals surface area contributed by atoms with Gasteiger partial charge in [-0.3, -0.25) is 4.79 Å². The second-order valence-corrected chi connectivity index (χ2v) is 7.00. The summed E-state index contributed by atoms with van der Waals surface area (Å²) in [6.07, 6.45) is -1.10. The third kappa shape index (κ3) is 3.07. The molecule has 0 saturated carbocycles. The molecule has 0 unspecified atom stereocenters. The summed E-state index contributed by atoms with van der Waals surface area (Å²) in [5.74, 6) is -3.35. The summed E-state index contributed by atoms with van der Waals surface area (Å²) >= 11 is 0. The lowest BCUT2D eigenvalue weighted by molar-refractivity contribution is -0.147. The van der Waals surface area contributed by atoms with Gasteiger partial charge in [-0.15, -0.1) is 0 Å². The fraction of sp³-hybridized carbons (Fsp3) is 0.462. The van der Waals surface area contributed by atoms with E-state index in [0.717, 1.165) is 10.4 Å². The zero-order chi connectivity index (χ0) is 15.8. The van der Waals surface area contributed by atoms with Gasteiger partial charge < -0.3 is 10.2 Å². The minimum absolute atomic E-state index is 0.00360. The van der Waals surface area contributed by atoms with Crippen LogP contribution >= 0.6 is 0 Å². The molecule has 0 spiro atoms. The van der Waals surface area contributed by atoms with Gasteiger partial charge in [0.05, 0.1) is 12.0 Å². The molecule has 1 aromatic carbocycles. The van der Waals surface area contributed by atoms with Crippen molar-refractivity contribution < 1.29 is 27.8 Å². The zero-order valence-corrected chi connectivity index (χ0v) is 12.2. The Morgan fingerprint density at radius 3 is 2.71 bits per heavy atom. The number of rotatable bonds is 3. The number of carboxylic acid groups (broad SMARTS) is 1. The Hall–Kier alpha value is -1.51. The van der Waals surface area contributed by atoms with Gasteiger partial charge in [-0.05, 0) is 31.0 Å². The summed E-state index contributed by atoms with van der Waals surface area (Å²) in [7, 11) is -4.12. The second-order valence-electron chi connectivity index (χ2n) is 5.10.